The molecule has 0 spiro atoms. The molecule has 0 saturated carbocycles. The van der Waals surface area contributed by atoms with Crippen LogP contribution in [-0.4, -0.2) is 37.3 Å². The van der Waals surface area contributed by atoms with Crippen molar-refractivity contribution < 1.29 is 9.26 Å². The van der Waals surface area contributed by atoms with Crippen LogP contribution in [0.4, 0.5) is 0 Å². The van der Waals surface area contributed by atoms with Gasteiger partial charge < -0.3 is 14.2 Å². The van der Waals surface area contributed by atoms with Gasteiger partial charge >= 0.3 is 0 Å². The third-order valence-corrected chi connectivity index (χ3v) is 4.01. The molecule has 25 heavy (non-hydrogen) atoms. The van der Waals surface area contributed by atoms with Crippen molar-refractivity contribution in [1.29, 1.82) is 0 Å². The molecule has 0 amide bonds. The monoisotopic (exact) mass is 336 g/mol. The fraction of sp³-hybridized carbons (Fsp3) is 0.286. The lowest BCUT2D eigenvalue weighted by atomic mass is 10.1. The Kier molecular flexibility index (Phi) is 5.51. The molecule has 130 valence electrons. The van der Waals surface area contributed by atoms with Crippen LogP contribution in [0.15, 0.2) is 59.1 Å². The van der Waals surface area contributed by atoms with Gasteiger partial charge in [0.2, 0.25) is 0 Å². The highest BCUT2D eigenvalue weighted by molar-refractivity contribution is 5.67. The first-order valence-corrected chi connectivity index (χ1v) is 8.53. The highest BCUT2D eigenvalue weighted by atomic mass is 16.5. The van der Waals surface area contributed by atoms with Crippen molar-refractivity contribution in [2.75, 3.05) is 27.2 Å². The van der Waals surface area contributed by atoms with Crippen molar-refractivity contribution in [2.45, 2.75) is 13.3 Å². The van der Waals surface area contributed by atoms with Crippen LogP contribution in [0.5, 0.6) is 5.75 Å². The lowest BCUT2D eigenvalue weighted by Gasteiger charge is -2.10. The fourth-order valence-corrected chi connectivity index (χ4v) is 2.56. The molecule has 0 unspecified atom stereocenters. The first-order chi connectivity index (χ1) is 12.1. The minimum absolute atomic E-state index is 0.721. The van der Waals surface area contributed by atoms with E-state index in [0.717, 1.165) is 47.9 Å². The van der Waals surface area contributed by atoms with Crippen LogP contribution < -0.4 is 4.74 Å². The summed E-state index contributed by atoms with van der Waals surface area (Å²) >= 11 is 0. The zero-order valence-electron chi connectivity index (χ0n) is 15.0. The van der Waals surface area contributed by atoms with Crippen LogP contribution in [-0.2, 0) is 0 Å². The van der Waals surface area contributed by atoms with Crippen LogP contribution in [0.1, 0.15) is 12.0 Å². The molecule has 0 aliphatic heterocycles. The van der Waals surface area contributed by atoms with E-state index >= 15 is 0 Å². The zero-order chi connectivity index (χ0) is 17.6. The average Bonchev–Trinajstić information content (AvgIpc) is 3.10. The molecule has 0 fully saturated rings. The van der Waals surface area contributed by atoms with Crippen LogP contribution in [0.3, 0.4) is 0 Å². The van der Waals surface area contributed by atoms with E-state index in [1.807, 2.05) is 42.5 Å². The summed E-state index contributed by atoms with van der Waals surface area (Å²) in [5.41, 5.74) is 4.10. The van der Waals surface area contributed by atoms with Crippen LogP contribution in [0.25, 0.3) is 22.6 Å². The van der Waals surface area contributed by atoms with E-state index < -0.39 is 0 Å². The number of nitrogens with zero attached hydrogens (tertiary/aromatic N) is 2. The molecule has 1 aromatic heterocycles. The Hall–Kier alpha value is -2.59. The largest absolute Gasteiger partial charge is 0.494 e. The third-order valence-electron chi connectivity index (χ3n) is 4.01. The van der Waals surface area contributed by atoms with Crippen molar-refractivity contribution in [2.24, 2.45) is 0 Å². The van der Waals surface area contributed by atoms with E-state index in [9.17, 15) is 0 Å². The summed E-state index contributed by atoms with van der Waals surface area (Å²) in [6, 6.07) is 18.2. The van der Waals surface area contributed by atoms with Crippen molar-refractivity contribution in [1.82, 2.24) is 10.1 Å². The Morgan fingerprint density at radius 2 is 1.64 bits per heavy atom. The van der Waals surface area contributed by atoms with Gasteiger partial charge in [-0.3, -0.25) is 0 Å². The molecule has 0 atom stereocenters. The number of benzene rings is 2. The first-order valence-electron chi connectivity index (χ1n) is 8.53. The van der Waals surface area contributed by atoms with Gasteiger partial charge in [-0.1, -0.05) is 35.0 Å². The smallest absolute Gasteiger partial charge is 0.167 e. The Morgan fingerprint density at radius 3 is 2.32 bits per heavy atom. The summed E-state index contributed by atoms with van der Waals surface area (Å²) < 4.78 is 11.3. The maximum Gasteiger partial charge on any atom is 0.167 e. The van der Waals surface area contributed by atoms with Crippen molar-refractivity contribution >= 4 is 0 Å². The van der Waals surface area contributed by atoms with Gasteiger partial charge in [-0.05, 0) is 51.7 Å². The van der Waals surface area contributed by atoms with E-state index in [1.54, 1.807) is 0 Å². The van der Waals surface area contributed by atoms with Gasteiger partial charge in [0.05, 0.1) is 6.61 Å². The highest BCUT2D eigenvalue weighted by Crippen LogP contribution is 2.27. The number of ether oxygens (including phenoxy) is 1. The van der Waals surface area contributed by atoms with Gasteiger partial charge in [-0.15, -0.1) is 0 Å². The molecule has 3 aromatic rings. The Labute approximate surface area is 149 Å². The Balaban J connectivity index is 1.63. The van der Waals surface area contributed by atoms with Crippen LogP contribution >= 0.6 is 0 Å². The van der Waals surface area contributed by atoms with Gasteiger partial charge in [-0.25, -0.2) is 0 Å². The Morgan fingerprint density at radius 1 is 0.960 bits per heavy atom. The maximum absolute atomic E-state index is 5.76. The quantitative estimate of drug-likeness (QED) is 0.589. The molecular formula is C21H24N2O2. The fourth-order valence-electron chi connectivity index (χ4n) is 2.56. The van der Waals surface area contributed by atoms with E-state index in [-0.39, 0.29) is 0 Å². The molecule has 4 nitrogen and oxygen atoms in total. The molecule has 0 aliphatic rings. The zero-order valence-corrected chi connectivity index (χ0v) is 15.0. The maximum atomic E-state index is 5.76. The second kappa shape index (κ2) is 7.99. The molecule has 0 aliphatic carbocycles. The number of hydrogen-bond acceptors (Lipinski definition) is 4. The minimum atomic E-state index is 0.721. The molecule has 0 radical (unpaired) electrons. The molecule has 0 saturated heterocycles. The number of aryl methyl sites for hydroxylation is 1. The summed E-state index contributed by atoms with van der Waals surface area (Å²) in [4.78, 5) is 2.16. The summed E-state index contributed by atoms with van der Waals surface area (Å²) in [6.45, 7) is 3.82. The van der Waals surface area contributed by atoms with Gasteiger partial charge in [0.1, 0.15) is 11.4 Å². The predicted molar refractivity (Wildman–Crippen MR) is 101 cm³/mol. The second-order valence-corrected chi connectivity index (χ2v) is 6.47. The van der Waals surface area contributed by atoms with Crippen molar-refractivity contribution in [3.63, 3.8) is 0 Å². The minimum Gasteiger partial charge on any atom is -0.494 e. The summed E-state index contributed by atoms with van der Waals surface area (Å²) in [5.74, 6) is 1.66. The Bertz CT molecular complexity index is 790. The SMILES string of the molecule is Cc1ccc(-c2cc(-c3ccc(OCCCN(C)C)cc3)no2)cc1. The lowest BCUT2D eigenvalue weighted by molar-refractivity contribution is 0.281. The number of rotatable bonds is 7. The number of hydrogen-bond donors (Lipinski definition) is 0. The van der Waals surface area contributed by atoms with Gasteiger partial charge in [0.15, 0.2) is 5.76 Å². The van der Waals surface area contributed by atoms with E-state index in [0.29, 0.717) is 0 Å². The average molecular weight is 336 g/mol. The molecule has 0 bridgehead atoms. The predicted octanol–water partition coefficient (Wildman–Crippen LogP) is 4.65. The van der Waals surface area contributed by atoms with Crippen molar-refractivity contribution in [3.8, 4) is 28.3 Å². The molecule has 4 heteroatoms. The topological polar surface area (TPSA) is 38.5 Å². The highest BCUT2D eigenvalue weighted by Gasteiger charge is 2.08. The molecule has 0 N–H and O–H groups in total. The lowest BCUT2D eigenvalue weighted by Crippen LogP contribution is -2.15. The molecule has 2 aromatic carbocycles. The van der Waals surface area contributed by atoms with Gasteiger partial charge in [0, 0.05) is 23.7 Å². The normalized spacial score (nSPS) is 11.0. The standard InChI is InChI=1S/C21H24N2O2/c1-16-5-7-18(8-6-16)21-15-20(22-25-21)17-9-11-19(12-10-17)24-14-4-13-23(2)3/h5-12,15H,4,13-14H2,1-3H3. The molecular weight excluding hydrogens is 312 g/mol. The van der Waals surface area contributed by atoms with Crippen molar-refractivity contribution in [3.05, 3.63) is 60.2 Å². The van der Waals surface area contributed by atoms with E-state index in [2.05, 4.69) is 43.2 Å². The van der Waals surface area contributed by atoms with Crippen LogP contribution in [0, 0.1) is 6.92 Å². The summed E-state index contributed by atoms with van der Waals surface area (Å²) in [6.07, 6.45) is 1.01. The number of aromatic nitrogens is 1. The molecule has 3 rings (SSSR count). The first kappa shape index (κ1) is 17.2. The summed E-state index contributed by atoms with van der Waals surface area (Å²) in [7, 11) is 4.13. The summed E-state index contributed by atoms with van der Waals surface area (Å²) in [5, 5.41) is 4.19. The van der Waals surface area contributed by atoms with Gasteiger partial charge in [-0.2, -0.15) is 0 Å². The molecule has 1 heterocycles. The van der Waals surface area contributed by atoms with Gasteiger partial charge in [0.25, 0.3) is 0 Å². The third kappa shape index (κ3) is 4.70. The van der Waals surface area contributed by atoms with Crippen LogP contribution in [0.2, 0.25) is 0 Å². The van der Waals surface area contributed by atoms with E-state index in [1.165, 1.54) is 5.56 Å². The van der Waals surface area contributed by atoms with E-state index in [4.69, 9.17) is 9.26 Å². The second-order valence-electron chi connectivity index (χ2n) is 6.47.